The van der Waals surface area contributed by atoms with E-state index in [4.69, 9.17) is 0 Å². The molecule has 1 heterocycles. The molecule has 0 saturated carbocycles. The monoisotopic (exact) mass is 296 g/mol. The van der Waals surface area contributed by atoms with Crippen LogP contribution in [0, 0.1) is 5.92 Å². The molecular formula is C17H32N2O2. The number of piperazine rings is 1. The van der Waals surface area contributed by atoms with Gasteiger partial charge in [0.2, 0.25) is 11.8 Å². The van der Waals surface area contributed by atoms with Crippen LogP contribution >= 0.6 is 0 Å². The third kappa shape index (κ3) is 2.95. The van der Waals surface area contributed by atoms with Gasteiger partial charge >= 0.3 is 0 Å². The number of carbonyl (C=O) groups excluding carboxylic acids is 2. The SMILES string of the molecule is CCC(CC)CN1C(=O)C(C)(CC)NC(=O)C1(CC)CC. The summed E-state index contributed by atoms with van der Waals surface area (Å²) in [5.74, 6) is 0.557. The van der Waals surface area contributed by atoms with Crippen molar-refractivity contribution in [3.8, 4) is 0 Å². The summed E-state index contributed by atoms with van der Waals surface area (Å²) in [7, 11) is 0. The number of hydrogen-bond donors (Lipinski definition) is 1. The van der Waals surface area contributed by atoms with Crippen LogP contribution in [0.5, 0.6) is 0 Å². The highest BCUT2D eigenvalue weighted by Gasteiger charge is 2.54. The van der Waals surface area contributed by atoms with E-state index in [0.29, 0.717) is 31.7 Å². The van der Waals surface area contributed by atoms with Gasteiger partial charge in [0.15, 0.2) is 0 Å². The van der Waals surface area contributed by atoms with Crippen LogP contribution in [-0.2, 0) is 9.59 Å². The second kappa shape index (κ2) is 6.80. The third-order valence-electron chi connectivity index (χ3n) is 5.52. The molecule has 1 saturated heterocycles. The Morgan fingerprint density at radius 1 is 1.00 bits per heavy atom. The van der Waals surface area contributed by atoms with Crippen molar-refractivity contribution in [1.82, 2.24) is 10.2 Å². The minimum atomic E-state index is -0.753. The summed E-state index contributed by atoms with van der Waals surface area (Å²) < 4.78 is 0. The average molecular weight is 296 g/mol. The Labute approximate surface area is 129 Å². The van der Waals surface area contributed by atoms with Crippen LogP contribution < -0.4 is 5.32 Å². The molecule has 0 radical (unpaired) electrons. The van der Waals surface area contributed by atoms with Gasteiger partial charge in [0.1, 0.15) is 11.1 Å². The van der Waals surface area contributed by atoms with Crippen molar-refractivity contribution in [3.63, 3.8) is 0 Å². The molecule has 2 amide bonds. The molecule has 1 aliphatic rings. The summed E-state index contributed by atoms with van der Waals surface area (Å²) in [6, 6.07) is 0. The Bertz CT molecular complexity index is 386. The van der Waals surface area contributed by atoms with E-state index in [1.54, 1.807) is 0 Å². The van der Waals surface area contributed by atoms with Crippen molar-refractivity contribution in [2.75, 3.05) is 6.54 Å². The first-order valence-corrected chi connectivity index (χ1v) is 8.49. The second-order valence-electron chi connectivity index (χ2n) is 6.48. The van der Waals surface area contributed by atoms with Crippen LogP contribution in [0.25, 0.3) is 0 Å². The van der Waals surface area contributed by atoms with Crippen LogP contribution in [-0.4, -0.2) is 34.3 Å². The molecule has 1 fully saturated rings. The van der Waals surface area contributed by atoms with E-state index in [2.05, 4.69) is 19.2 Å². The molecule has 21 heavy (non-hydrogen) atoms. The van der Waals surface area contributed by atoms with Crippen molar-refractivity contribution in [2.24, 2.45) is 5.92 Å². The van der Waals surface area contributed by atoms with Crippen molar-refractivity contribution in [2.45, 2.75) is 84.7 Å². The van der Waals surface area contributed by atoms with Gasteiger partial charge in [-0.05, 0) is 32.1 Å². The van der Waals surface area contributed by atoms with Gasteiger partial charge in [-0.25, -0.2) is 0 Å². The van der Waals surface area contributed by atoms with Crippen LogP contribution in [0.2, 0.25) is 0 Å². The van der Waals surface area contributed by atoms with E-state index >= 15 is 0 Å². The molecule has 1 rings (SSSR count). The van der Waals surface area contributed by atoms with E-state index < -0.39 is 11.1 Å². The molecule has 4 nitrogen and oxygen atoms in total. The smallest absolute Gasteiger partial charge is 0.248 e. The number of nitrogens with one attached hydrogen (secondary N) is 1. The highest BCUT2D eigenvalue weighted by atomic mass is 16.2. The lowest BCUT2D eigenvalue weighted by Gasteiger charge is -2.52. The fourth-order valence-electron chi connectivity index (χ4n) is 3.29. The van der Waals surface area contributed by atoms with Crippen LogP contribution in [0.15, 0.2) is 0 Å². The maximum atomic E-state index is 13.0. The molecule has 0 bridgehead atoms. The zero-order chi connectivity index (χ0) is 16.3. The molecule has 0 aromatic heterocycles. The van der Waals surface area contributed by atoms with Gasteiger partial charge in [0, 0.05) is 6.54 Å². The summed E-state index contributed by atoms with van der Waals surface area (Å²) in [4.78, 5) is 27.7. The molecule has 1 atom stereocenters. The van der Waals surface area contributed by atoms with Gasteiger partial charge in [-0.3, -0.25) is 9.59 Å². The first kappa shape index (κ1) is 18.0. The molecule has 1 N–H and O–H groups in total. The van der Waals surface area contributed by atoms with E-state index in [1.807, 2.05) is 32.6 Å². The van der Waals surface area contributed by atoms with Gasteiger partial charge in [-0.1, -0.05) is 47.5 Å². The highest BCUT2D eigenvalue weighted by Crippen LogP contribution is 2.34. The Hall–Kier alpha value is -1.06. The maximum Gasteiger partial charge on any atom is 0.248 e. The molecule has 1 aliphatic heterocycles. The fourth-order valence-corrected chi connectivity index (χ4v) is 3.29. The first-order valence-electron chi connectivity index (χ1n) is 8.49. The Kier molecular flexibility index (Phi) is 5.83. The number of carbonyl (C=O) groups is 2. The van der Waals surface area contributed by atoms with Crippen molar-refractivity contribution < 1.29 is 9.59 Å². The van der Waals surface area contributed by atoms with Crippen molar-refractivity contribution in [1.29, 1.82) is 0 Å². The van der Waals surface area contributed by atoms with Crippen LogP contribution in [0.1, 0.15) is 73.6 Å². The number of hydrogen-bond acceptors (Lipinski definition) is 2. The lowest BCUT2D eigenvalue weighted by atomic mass is 9.80. The lowest BCUT2D eigenvalue weighted by Crippen LogP contribution is -2.75. The first-order chi connectivity index (χ1) is 9.85. The lowest BCUT2D eigenvalue weighted by molar-refractivity contribution is -0.164. The van der Waals surface area contributed by atoms with Crippen LogP contribution in [0.4, 0.5) is 0 Å². The van der Waals surface area contributed by atoms with E-state index in [0.717, 1.165) is 12.8 Å². The van der Waals surface area contributed by atoms with Gasteiger partial charge in [-0.15, -0.1) is 0 Å². The summed E-state index contributed by atoms with van der Waals surface area (Å²) in [5, 5.41) is 2.99. The van der Waals surface area contributed by atoms with Gasteiger partial charge < -0.3 is 10.2 Å². The average Bonchev–Trinajstić information content (AvgIpc) is 2.50. The highest BCUT2D eigenvalue weighted by molar-refractivity contribution is 6.02. The number of nitrogens with zero attached hydrogens (tertiary/aromatic N) is 1. The third-order valence-corrected chi connectivity index (χ3v) is 5.52. The predicted octanol–water partition coefficient (Wildman–Crippen LogP) is 3.11. The van der Waals surface area contributed by atoms with Crippen molar-refractivity contribution in [3.05, 3.63) is 0 Å². The zero-order valence-electron chi connectivity index (χ0n) is 14.6. The Morgan fingerprint density at radius 2 is 1.52 bits per heavy atom. The molecular weight excluding hydrogens is 264 g/mol. The zero-order valence-corrected chi connectivity index (χ0v) is 14.6. The molecule has 0 aromatic rings. The molecule has 122 valence electrons. The van der Waals surface area contributed by atoms with Gasteiger partial charge in [-0.2, -0.15) is 0 Å². The molecule has 0 spiro atoms. The standard InChI is InChI=1S/C17H32N2O2/c1-7-13(8-2)12-19-15(21)16(6,9-3)18-14(20)17(19,10-4)11-5/h13H,7-12H2,1-6H3,(H,18,20). The predicted molar refractivity (Wildman–Crippen MR) is 85.9 cm³/mol. The topological polar surface area (TPSA) is 49.4 Å². The van der Waals surface area contributed by atoms with Gasteiger partial charge in [0.05, 0.1) is 0 Å². The molecule has 4 heteroatoms. The fraction of sp³-hybridized carbons (Fsp3) is 0.882. The molecule has 1 unspecified atom stereocenters. The molecule has 0 aromatic carbocycles. The quantitative estimate of drug-likeness (QED) is 0.785. The number of amides is 2. The minimum absolute atomic E-state index is 0.0161. The van der Waals surface area contributed by atoms with E-state index in [1.165, 1.54) is 0 Å². The van der Waals surface area contributed by atoms with E-state index in [-0.39, 0.29) is 11.8 Å². The largest absolute Gasteiger partial charge is 0.340 e. The van der Waals surface area contributed by atoms with Gasteiger partial charge in [0.25, 0.3) is 0 Å². The summed E-state index contributed by atoms with van der Waals surface area (Å²) in [6.07, 6.45) is 4.03. The minimum Gasteiger partial charge on any atom is -0.340 e. The van der Waals surface area contributed by atoms with Crippen LogP contribution in [0.3, 0.4) is 0 Å². The van der Waals surface area contributed by atoms with E-state index in [9.17, 15) is 9.59 Å². The Morgan fingerprint density at radius 3 is 1.90 bits per heavy atom. The maximum absolute atomic E-state index is 13.0. The second-order valence-corrected chi connectivity index (χ2v) is 6.48. The number of rotatable bonds is 7. The van der Waals surface area contributed by atoms with Crippen molar-refractivity contribution >= 4 is 11.8 Å². The summed E-state index contributed by atoms with van der Waals surface area (Å²) in [5.41, 5.74) is -1.43. The summed E-state index contributed by atoms with van der Waals surface area (Å²) in [6.45, 7) is 12.8. The summed E-state index contributed by atoms with van der Waals surface area (Å²) >= 11 is 0. The normalized spacial score (nSPS) is 25.4. The Balaban J connectivity index is 3.24. The molecule has 0 aliphatic carbocycles.